The molecule has 0 aromatic heterocycles. The molecule has 0 aromatic rings. The minimum absolute atomic E-state index is 0.891. The van der Waals surface area contributed by atoms with Crippen molar-refractivity contribution in [3.63, 3.8) is 0 Å². The van der Waals surface area contributed by atoms with E-state index >= 15 is 0 Å². The molecule has 0 atom stereocenters. The van der Waals surface area contributed by atoms with Crippen LogP contribution in [0.4, 0.5) is 0 Å². The first-order chi connectivity index (χ1) is 5.85. The van der Waals surface area contributed by atoms with Gasteiger partial charge >= 0.3 is 0 Å². The number of nitrogens with zero attached hydrogens (tertiary/aromatic N) is 1. The third kappa shape index (κ3) is 6.62. The lowest BCUT2D eigenvalue weighted by Crippen LogP contribution is -2.27. The Balaban J connectivity index is 3.06. The van der Waals surface area contributed by atoms with Crippen molar-refractivity contribution < 1.29 is 4.74 Å². The molecule has 0 amide bonds. The molecular formula is C10H23NO. The van der Waals surface area contributed by atoms with Gasteiger partial charge in [0.15, 0.2) is 0 Å². The van der Waals surface area contributed by atoms with Gasteiger partial charge in [-0.05, 0) is 19.5 Å². The minimum atomic E-state index is 0.891. The maximum absolute atomic E-state index is 5.47. The van der Waals surface area contributed by atoms with Crippen LogP contribution in [0.5, 0.6) is 0 Å². The van der Waals surface area contributed by atoms with Crippen molar-refractivity contribution in [1.29, 1.82) is 0 Å². The van der Waals surface area contributed by atoms with E-state index in [0.29, 0.717) is 0 Å². The Morgan fingerprint density at radius 2 is 1.67 bits per heavy atom. The van der Waals surface area contributed by atoms with Crippen molar-refractivity contribution in [3.05, 3.63) is 0 Å². The van der Waals surface area contributed by atoms with Crippen LogP contribution >= 0.6 is 0 Å². The molecule has 0 spiro atoms. The van der Waals surface area contributed by atoms with E-state index in [0.717, 1.165) is 32.8 Å². The van der Waals surface area contributed by atoms with Crippen molar-refractivity contribution in [2.45, 2.75) is 33.6 Å². The highest BCUT2D eigenvalue weighted by Crippen LogP contribution is 1.90. The van der Waals surface area contributed by atoms with Crippen LogP contribution < -0.4 is 0 Å². The summed E-state index contributed by atoms with van der Waals surface area (Å²) in [5.74, 6) is 0. The molecule has 0 unspecified atom stereocenters. The molecule has 0 rings (SSSR count). The van der Waals surface area contributed by atoms with Crippen molar-refractivity contribution in [2.75, 3.05) is 32.8 Å². The summed E-state index contributed by atoms with van der Waals surface area (Å²) in [6.45, 7) is 11.7. The standard InChI is InChI=1S/C10H23NO/c1-4-7-9-12-10-8-11(5-2)6-3/h4-10H2,1-3H3. The van der Waals surface area contributed by atoms with Gasteiger partial charge in [-0.2, -0.15) is 0 Å². The second-order valence-electron chi connectivity index (χ2n) is 2.99. The molecule has 0 aliphatic heterocycles. The van der Waals surface area contributed by atoms with Gasteiger partial charge in [0.25, 0.3) is 0 Å². The van der Waals surface area contributed by atoms with Crippen molar-refractivity contribution in [3.8, 4) is 0 Å². The molecule has 0 N–H and O–H groups in total. The van der Waals surface area contributed by atoms with Gasteiger partial charge in [-0.1, -0.05) is 27.2 Å². The van der Waals surface area contributed by atoms with E-state index in [1.165, 1.54) is 12.8 Å². The second kappa shape index (κ2) is 9.01. The van der Waals surface area contributed by atoms with Gasteiger partial charge in [0.1, 0.15) is 0 Å². The van der Waals surface area contributed by atoms with Gasteiger partial charge < -0.3 is 9.64 Å². The van der Waals surface area contributed by atoms with E-state index in [1.807, 2.05) is 0 Å². The molecule has 0 aliphatic carbocycles. The zero-order chi connectivity index (χ0) is 9.23. The fourth-order valence-electron chi connectivity index (χ4n) is 1.08. The first kappa shape index (κ1) is 11.9. The summed E-state index contributed by atoms with van der Waals surface area (Å²) in [7, 11) is 0. The lowest BCUT2D eigenvalue weighted by atomic mass is 10.4. The number of unbranched alkanes of at least 4 members (excludes halogenated alkanes) is 1. The quantitative estimate of drug-likeness (QED) is 0.521. The lowest BCUT2D eigenvalue weighted by Gasteiger charge is -2.17. The van der Waals surface area contributed by atoms with Gasteiger partial charge in [0.2, 0.25) is 0 Å². The van der Waals surface area contributed by atoms with Gasteiger partial charge in [0, 0.05) is 13.2 Å². The second-order valence-corrected chi connectivity index (χ2v) is 2.99. The van der Waals surface area contributed by atoms with Crippen molar-refractivity contribution in [2.24, 2.45) is 0 Å². The van der Waals surface area contributed by atoms with Crippen LogP contribution in [0.15, 0.2) is 0 Å². The molecule has 0 saturated carbocycles. The Kier molecular flexibility index (Phi) is 8.95. The van der Waals surface area contributed by atoms with Crippen LogP contribution in [0.2, 0.25) is 0 Å². The number of rotatable bonds is 8. The average molecular weight is 173 g/mol. The number of ether oxygens (including phenoxy) is 1. The third-order valence-corrected chi connectivity index (χ3v) is 2.09. The lowest BCUT2D eigenvalue weighted by molar-refractivity contribution is 0.105. The zero-order valence-corrected chi connectivity index (χ0v) is 8.81. The summed E-state index contributed by atoms with van der Waals surface area (Å²) in [5, 5.41) is 0. The zero-order valence-electron chi connectivity index (χ0n) is 8.81. The summed E-state index contributed by atoms with van der Waals surface area (Å²) in [6, 6.07) is 0. The van der Waals surface area contributed by atoms with Crippen LogP contribution in [0.3, 0.4) is 0 Å². The first-order valence-corrected chi connectivity index (χ1v) is 5.15. The van der Waals surface area contributed by atoms with Gasteiger partial charge in [-0.3, -0.25) is 0 Å². The monoisotopic (exact) mass is 173 g/mol. The topological polar surface area (TPSA) is 12.5 Å². The maximum atomic E-state index is 5.47. The van der Waals surface area contributed by atoms with E-state index in [4.69, 9.17) is 4.74 Å². The first-order valence-electron chi connectivity index (χ1n) is 5.15. The van der Waals surface area contributed by atoms with Gasteiger partial charge in [0.05, 0.1) is 6.61 Å². The highest BCUT2D eigenvalue weighted by molar-refractivity contribution is 4.49. The summed E-state index contributed by atoms with van der Waals surface area (Å²) >= 11 is 0. The van der Waals surface area contributed by atoms with Crippen LogP contribution in [0, 0.1) is 0 Å². The SMILES string of the molecule is CCCCOCCN(CC)CC. The Bertz CT molecular complexity index is 81.9. The molecule has 2 heteroatoms. The number of likely N-dealkylation sites (N-methyl/N-ethyl adjacent to an activating group) is 1. The van der Waals surface area contributed by atoms with Gasteiger partial charge in [-0.25, -0.2) is 0 Å². The fourth-order valence-corrected chi connectivity index (χ4v) is 1.08. The Labute approximate surface area is 76.9 Å². The average Bonchev–Trinajstić information content (AvgIpc) is 2.11. The van der Waals surface area contributed by atoms with Crippen molar-refractivity contribution in [1.82, 2.24) is 4.90 Å². The summed E-state index contributed by atoms with van der Waals surface area (Å²) in [4.78, 5) is 2.38. The number of hydrogen-bond donors (Lipinski definition) is 0. The number of hydrogen-bond acceptors (Lipinski definition) is 2. The predicted octanol–water partition coefficient (Wildman–Crippen LogP) is 2.14. The molecular weight excluding hydrogens is 150 g/mol. The Morgan fingerprint density at radius 3 is 2.17 bits per heavy atom. The van der Waals surface area contributed by atoms with Crippen LogP contribution in [-0.2, 0) is 4.74 Å². The highest BCUT2D eigenvalue weighted by atomic mass is 16.5. The summed E-state index contributed by atoms with van der Waals surface area (Å²) in [6.07, 6.45) is 2.42. The molecule has 2 nitrogen and oxygen atoms in total. The fraction of sp³-hybridized carbons (Fsp3) is 1.00. The van der Waals surface area contributed by atoms with E-state index in [9.17, 15) is 0 Å². The minimum Gasteiger partial charge on any atom is -0.380 e. The van der Waals surface area contributed by atoms with E-state index < -0.39 is 0 Å². The van der Waals surface area contributed by atoms with Crippen LogP contribution in [0.1, 0.15) is 33.6 Å². The molecule has 74 valence electrons. The van der Waals surface area contributed by atoms with Crippen LogP contribution in [-0.4, -0.2) is 37.7 Å². The predicted molar refractivity (Wildman–Crippen MR) is 53.5 cm³/mol. The third-order valence-electron chi connectivity index (χ3n) is 2.09. The Morgan fingerprint density at radius 1 is 1.00 bits per heavy atom. The Hall–Kier alpha value is -0.0800. The summed E-state index contributed by atoms with van der Waals surface area (Å²) < 4.78 is 5.47. The molecule has 0 aromatic carbocycles. The molecule has 0 fully saturated rings. The molecule has 0 bridgehead atoms. The maximum Gasteiger partial charge on any atom is 0.0593 e. The molecule has 0 radical (unpaired) electrons. The van der Waals surface area contributed by atoms with Crippen molar-refractivity contribution >= 4 is 0 Å². The molecule has 0 heterocycles. The highest BCUT2D eigenvalue weighted by Gasteiger charge is 1.96. The normalized spacial score (nSPS) is 11.0. The van der Waals surface area contributed by atoms with E-state index in [2.05, 4.69) is 25.7 Å². The molecule has 12 heavy (non-hydrogen) atoms. The molecule has 0 saturated heterocycles. The van der Waals surface area contributed by atoms with E-state index in [1.54, 1.807) is 0 Å². The van der Waals surface area contributed by atoms with Gasteiger partial charge in [-0.15, -0.1) is 0 Å². The summed E-state index contributed by atoms with van der Waals surface area (Å²) in [5.41, 5.74) is 0. The largest absolute Gasteiger partial charge is 0.380 e. The van der Waals surface area contributed by atoms with E-state index in [-0.39, 0.29) is 0 Å². The molecule has 0 aliphatic rings. The van der Waals surface area contributed by atoms with Crippen LogP contribution in [0.25, 0.3) is 0 Å². The smallest absolute Gasteiger partial charge is 0.0593 e.